The maximum absolute atomic E-state index is 12.4. The number of ether oxygens (including phenoxy) is 3. The van der Waals surface area contributed by atoms with Gasteiger partial charge in [-0.25, -0.2) is 4.79 Å². The summed E-state index contributed by atoms with van der Waals surface area (Å²) >= 11 is 0. The molecule has 0 aliphatic carbocycles. The van der Waals surface area contributed by atoms with E-state index in [1.165, 1.54) is 12.1 Å². The highest BCUT2D eigenvalue weighted by Gasteiger charge is 2.20. The van der Waals surface area contributed by atoms with Crippen molar-refractivity contribution in [1.82, 2.24) is 0 Å². The Balaban J connectivity index is 1.65. The number of benzene rings is 2. The second-order valence-corrected chi connectivity index (χ2v) is 5.49. The van der Waals surface area contributed by atoms with Crippen LogP contribution in [0.4, 0.5) is 0 Å². The molecule has 6 nitrogen and oxygen atoms in total. The first-order valence-electron chi connectivity index (χ1n) is 7.36. The zero-order chi connectivity index (χ0) is 16.7. The molecule has 120 valence electrons. The van der Waals surface area contributed by atoms with E-state index in [-0.39, 0.29) is 18.2 Å². The minimum atomic E-state index is -0.635. The van der Waals surface area contributed by atoms with E-state index in [0.717, 1.165) is 10.9 Å². The third kappa shape index (κ3) is 2.38. The molecule has 3 aromatic rings. The van der Waals surface area contributed by atoms with E-state index in [2.05, 4.69) is 0 Å². The lowest BCUT2D eigenvalue weighted by Gasteiger charge is -2.08. The van der Waals surface area contributed by atoms with Gasteiger partial charge in [0.1, 0.15) is 0 Å². The molecule has 1 aromatic heterocycles. The van der Waals surface area contributed by atoms with Crippen LogP contribution >= 0.6 is 0 Å². The van der Waals surface area contributed by atoms with E-state index < -0.39 is 5.97 Å². The first kappa shape index (κ1) is 14.3. The lowest BCUT2D eigenvalue weighted by molar-refractivity contribution is -0.582. The zero-order valence-corrected chi connectivity index (χ0v) is 12.8. The van der Waals surface area contributed by atoms with E-state index in [1.54, 1.807) is 24.3 Å². The summed E-state index contributed by atoms with van der Waals surface area (Å²) in [5, 5.41) is 13.2. The highest BCUT2D eigenvalue weighted by Crippen LogP contribution is 2.32. The van der Waals surface area contributed by atoms with Gasteiger partial charge in [0, 0.05) is 11.5 Å². The predicted octanol–water partition coefficient (Wildman–Crippen LogP) is 2.73. The van der Waals surface area contributed by atoms with Crippen LogP contribution < -0.4 is 18.9 Å². The largest absolute Gasteiger partial charge is 0.616 e. The topological polar surface area (TPSA) is 71.7 Å². The molecule has 0 unspecified atom stereocenters. The summed E-state index contributed by atoms with van der Waals surface area (Å²) in [6.45, 7) is 2.07. The number of fused-ring (bicyclic) bond motifs is 2. The van der Waals surface area contributed by atoms with Gasteiger partial charge in [0.15, 0.2) is 11.5 Å². The normalized spacial score (nSPS) is 12.4. The van der Waals surface area contributed by atoms with Gasteiger partial charge >= 0.3 is 11.8 Å². The number of aryl methyl sites for hydroxylation is 1. The van der Waals surface area contributed by atoms with Crippen LogP contribution in [-0.2, 0) is 0 Å². The van der Waals surface area contributed by atoms with Crippen LogP contribution in [0, 0.1) is 12.1 Å². The quantitative estimate of drug-likeness (QED) is 0.412. The van der Waals surface area contributed by atoms with Gasteiger partial charge in [0.25, 0.3) is 0 Å². The molecule has 2 heterocycles. The number of hydrogen-bond donors (Lipinski definition) is 0. The fourth-order valence-electron chi connectivity index (χ4n) is 2.59. The molecule has 0 saturated heterocycles. The SMILES string of the molecule is Cc1ccc2c(ccc(OC(=O)c3ccc4c(c3)OCO4)[n+]2[O-])c1. The van der Waals surface area contributed by atoms with E-state index in [0.29, 0.717) is 21.7 Å². The average molecular weight is 323 g/mol. The summed E-state index contributed by atoms with van der Waals surface area (Å²) in [5.74, 6) is 0.346. The van der Waals surface area contributed by atoms with Crippen molar-refractivity contribution in [2.75, 3.05) is 6.79 Å². The molecular weight excluding hydrogens is 310 g/mol. The molecule has 0 saturated carbocycles. The molecule has 0 fully saturated rings. The minimum absolute atomic E-state index is 0.0750. The third-order valence-electron chi connectivity index (χ3n) is 3.81. The van der Waals surface area contributed by atoms with Crippen LogP contribution in [0.2, 0.25) is 0 Å². The molecule has 1 aliphatic heterocycles. The van der Waals surface area contributed by atoms with Crippen LogP contribution in [-0.4, -0.2) is 12.8 Å². The molecule has 0 atom stereocenters. The van der Waals surface area contributed by atoms with Crippen molar-refractivity contribution >= 4 is 16.9 Å². The summed E-state index contributed by atoms with van der Waals surface area (Å²) in [6, 6.07) is 13.4. The van der Waals surface area contributed by atoms with E-state index >= 15 is 0 Å². The molecular formula is C18H13NO5. The molecule has 1 aliphatic rings. The lowest BCUT2D eigenvalue weighted by Crippen LogP contribution is -2.31. The summed E-state index contributed by atoms with van der Waals surface area (Å²) in [7, 11) is 0. The highest BCUT2D eigenvalue weighted by atomic mass is 16.7. The lowest BCUT2D eigenvalue weighted by atomic mass is 10.1. The second-order valence-electron chi connectivity index (χ2n) is 5.49. The van der Waals surface area contributed by atoms with Crippen LogP contribution in [0.5, 0.6) is 17.4 Å². The number of aromatic nitrogens is 1. The van der Waals surface area contributed by atoms with Gasteiger partial charge in [-0.1, -0.05) is 11.6 Å². The molecule has 0 amide bonds. The van der Waals surface area contributed by atoms with Crippen LogP contribution in [0.1, 0.15) is 15.9 Å². The van der Waals surface area contributed by atoms with Crippen molar-refractivity contribution in [3.8, 4) is 17.4 Å². The van der Waals surface area contributed by atoms with Crippen LogP contribution in [0.25, 0.3) is 10.9 Å². The standard InChI is InChI=1S/C18H13NO5/c1-11-2-5-14-12(8-11)4-7-17(19(14)21)24-18(20)13-3-6-15-16(9-13)23-10-22-15/h2-9H,10H2,1H3. The van der Waals surface area contributed by atoms with Gasteiger partial charge in [-0.05, 0) is 37.3 Å². The monoisotopic (exact) mass is 323 g/mol. The number of pyridine rings is 1. The number of carbonyl (C=O) groups is 1. The Kier molecular flexibility index (Phi) is 3.23. The van der Waals surface area contributed by atoms with Gasteiger partial charge in [0.05, 0.1) is 11.6 Å². The Morgan fingerprint density at radius 1 is 1.08 bits per heavy atom. The Bertz CT molecular complexity index is 967. The number of carbonyl (C=O) groups excluding carboxylic acids is 1. The number of nitrogens with zero attached hydrogens (tertiary/aromatic N) is 1. The predicted molar refractivity (Wildman–Crippen MR) is 85.2 cm³/mol. The van der Waals surface area contributed by atoms with Crippen LogP contribution in [0.15, 0.2) is 48.5 Å². The summed E-state index contributed by atoms with van der Waals surface area (Å²) in [6.07, 6.45) is 0. The molecule has 6 heteroatoms. The maximum atomic E-state index is 12.4. The molecule has 0 spiro atoms. The summed E-state index contributed by atoms with van der Waals surface area (Å²) < 4.78 is 16.3. The van der Waals surface area contributed by atoms with Gasteiger partial charge in [-0.3, -0.25) is 0 Å². The molecule has 2 aromatic carbocycles. The van der Waals surface area contributed by atoms with E-state index in [1.807, 2.05) is 19.1 Å². The van der Waals surface area contributed by atoms with E-state index in [9.17, 15) is 10.0 Å². The number of esters is 1. The summed E-state index contributed by atoms with van der Waals surface area (Å²) in [4.78, 5) is 12.3. The highest BCUT2D eigenvalue weighted by molar-refractivity contribution is 5.91. The molecule has 0 radical (unpaired) electrons. The third-order valence-corrected chi connectivity index (χ3v) is 3.81. The fourth-order valence-corrected chi connectivity index (χ4v) is 2.59. The maximum Gasteiger partial charge on any atom is 0.387 e. The summed E-state index contributed by atoms with van der Waals surface area (Å²) in [5.41, 5.74) is 1.77. The van der Waals surface area contributed by atoms with Crippen molar-refractivity contribution in [2.24, 2.45) is 0 Å². The first-order chi connectivity index (χ1) is 11.6. The van der Waals surface area contributed by atoms with Crippen molar-refractivity contribution < 1.29 is 23.7 Å². The second kappa shape index (κ2) is 5.42. The molecule has 0 N–H and O–H groups in total. The Hall–Kier alpha value is -3.28. The fraction of sp³-hybridized carbons (Fsp3) is 0.111. The van der Waals surface area contributed by atoms with Crippen molar-refractivity contribution in [3.05, 3.63) is 64.9 Å². The van der Waals surface area contributed by atoms with Crippen molar-refractivity contribution in [3.63, 3.8) is 0 Å². The van der Waals surface area contributed by atoms with Gasteiger partial charge in [-0.15, -0.1) is 4.73 Å². The molecule has 24 heavy (non-hydrogen) atoms. The minimum Gasteiger partial charge on any atom is -0.616 e. The van der Waals surface area contributed by atoms with Crippen molar-refractivity contribution in [1.29, 1.82) is 0 Å². The Labute approximate surface area is 137 Å². The molecule has 4 rings (SSSR count). The van der Waals surface area contributed by atoms with Gasteiger partial charge < -0.3 is 19.4 Å². The van der Waals surface area contributed by atoms with Gasteiger partial charge in [-0.2, -0.15) is 0 Å². The van der Waals surface area contributed by atoms with E-state index in [4.69, 9.17) is 14.2 Å². The number of rotatable bonds is 2. The number of hydrogen-bond acceptors (Lipinski definition) is 5. The van der Waals surface area contributed by atoms with Crippen molar-refractivity contribution in [2.45, 2.75) is 6.92 Å². The Morgan fingerprint density at radius 3 is 2.79 bits per heavy atom. The smallest absolute Gasteiger partial charge is 0.387 e. The average Bonchev–Trinajstić information content (AvgIpc) is 3.05. The zero-order valence-electron chi connectivity index (χ0n) is 12.8. The first-order valence-corrected chi connectivity index (χ1v) is 7.36. The van der Waals surface area contributed by atoms with Gasteiger partial charge in [0.2, 0.25) is 12.3 Å². The molecule has 0 bridgehead atoms. The Morgan fingerprint density at radius 2 is 1.92 bits per heavy atom. The van der Waals surface area contributed by atoms with Crippen LogP contribution in [0.3, 0.4) is 0 Å².